The molecule has 0 unspecified atom stereocenters. The molecule has 11 nitrogen and oxygen atoms in total. The van der Waals surface area contributed by atoms with Crippen molar-refractivity contribution < 1.29 is 19.1 Å². The summed E-state index contributed by atoms with van der Waals surface area (Å²) in [6.45, 7) is 4.05. The van der Waals surface area contributed by atoms with Gasteiger partial charge in [-0.15, -0.1) is 0 Å². The van der Waals surface area contributed by atoms with Crippen molar-refractivity contribution in [3.8, 4) is 5.75 Å². The van der Waals surface area contributed by atoms with E-state index in [0.29, 0.717) is 13.1 Å². The molecule has 1 fully saturated rings. The van der Waals surface area contributed by atoms with E-state index in [1.165, 1.54) is 12.2 Å². The molecule has 1 aliphatic heterocycles. The molecule has 2 aromatic heterocycles. The fourth-order valence-corrected chi connectivity index (χ4v) is 5.17. The number of nitrogens with zero attached hydrogens (tertiary/aromatic N) is 5. The van der Waals surface area contributed by atoms with Crippen LogP contribution in [0.25, 0.3) is 11.0 Å². The zero-order chi connectivity index (χ0) is 28.9. The van der Waals surface area contributed by atoms with Gasteiger partial charge in [0.2, 0.25) is 11.9 Å². The summed E-state index contributed by atoms with van der Waals surface area (Å²) in [5, 5.41) is 3.43. The summed E-state index contributed by atoms with van der Waals surface area (Å²) in [5.41, 5.74) is 9.57. The van der Waals surface area contributed by atoms with E-state index >= 15 is 0 Å². The molecule has 1 aromatic carbocycles. The van der Waals surface area contributed by atoms with Gasteiger partial charge in [-0.3, -0.25) is 19.3 Å². The molecule has 216 valence electrons. The first-order valence-corrected chi connectivity index (χ1v) is 14.2. The predicted octanol–water partition coefficient (Wildman–Crippen LogP) is 3.48. The van der Waals surface area contributed by atoms with Crippen LogP contribution in [0.15, 0.2) is 42.6 Å². The number of fused-ring (bicyclic) bond motifs is 1. The first-order valence-electron chi connectivity index (χ1n) is 14.2. The highest BCUT2D eigenvalue weighted by molar-refractivity contribution is 6.13. The van der Waals surface area contributed by atoms with Crippen LogP contribution in [-0.4, -0.2) is 68.3 Å². The molecular formula is C30H37N7O4. The van der Waals surface area contributed by atoms with E-state index in [0.717, 1.165) is 77.3 Å². The van der Waals surface area contributed by atoms with Gasteiger partial charge in [0, 0.05) is 56.0 Å². The first-order chi connectivity index (χ1) is 19.9. The van der Waals surface area contributed by atoms with Gasteiger partial charge in [-0.05, 0) is 37.0 Å². The summed E-state index contributed by atoms with van der Waals surface area (Å²) in [7, 11) is 1.64. The first kappa shape index (κ1) is 28.1. The number of benzene rings is 1. The minimum atomic E-state index is -0.369. The van der Waals surface area contributed by atoms with E-state index < -0.39 is 0 Å². The largest absolute Gasteiger partial charge is 0.496 e. The number of imide groups is 1. The Morgan fingerprint density at radius 2 is 1.93 bits per heavy atom. The maximum Gasteiger partial charge on any atom is 0.253 e. The van der Waals surface area contributed by atoms with Gasteiger partial charge in [0.05, 0.1) is 19.2 Å². The van der Waals surface area contributed by atoms with E-state index in [-0.39, 0.29) is 42.7 Å². The number of aromatic nitrogens is 3. The second-order valence-corrected chi connectivity index (χ2v) is 10.6. The molecule has 0 spiro atoms. The Hall–Kier alpha value is -4.41. The molecule has 3 amide bonds. The summed E-state index contributed by atoms with van der Waals surface area (Å²) >= 11 is 0. The number of unbranched alkanes of at least 4 members (excludes halogenated alkanes) is 2. The quantitative estimate of drug-likeness (QED) is 0.226. The number of ether oxygens (including phenoxy) is 1. The van der Waals surface area contributed by atoms with Gasteiger partial charge in [0.1, 0.15) is 11.3 Å². The Morgan fingerprint density at radius 3 is 2.63 bits per heavy atom. The van der Waals surface area contributed by atoms with Crippen molar-refractivity contribution in [1.82, 2.24) is 24.3 Å². The lowest BCUT2D eigenvalue weighted by molar-refractivity contribution is -0.138. The van der Waals surface area contributed by atoms with Crippen LogP contribution in [-0.2, 0) is 27.5 Å². The average molecular weight is 560 g/mol. The van der Waals surface area contributed by atoms with E-state index in [2.05, 4.69) is 26.8 Å². The van der Waals surface area contributed by atoms with Crippen LogP contribution in [0.5, 0.6) is 5.75 Å². The van der Waals surface area contributed by atoms with Crippen LogP contribution in [0.4, 0.5) is 11.8 Å². The number of methoxy groups -OCH3 is 1. The number of amides is 3. The summed E-state index contributed by atoms with van der Waals surface area (Å²) in [5.74, 6) is 0.869. The van der Waals surface area contributed by atoms with Crippen LogP contribution in [0.3, 0.4) is 0 Å². The average Bonchev–Trinajstić information content (AvgIpc) is 3.65. The van der Waals surface area contributed by atoms with Crippen LogP contribution < -0.4 is 15.8 Å². The minimum absolute atomic E-state index is 0.0694. The molecule has 41 heavy (non-hydrogen) atoms. The molecule has 0 bridgehead atoms. The van der Waals surface area contributed by atoms with Crippen molar-refractivity contribution in [3.63, 3.8) is 0 Å². The van der Waals surface area contributed by atoms with Gasteiger partial charge < -0.3 is 25.3 Å². The van der Waals surface area contributed by atoms with Crippen LogP contribution in [0.2, 0.25) is 0 Å². The molecule has 0 atom stereocenters. The zero-order valence-electron chi connectivity index (χ0n) is 23.6. The number of rotatable bonds is 14. The normalized spacial score (nSPS) is 14.7. The maximum atomic E-state index is 13.1. The monoisotopic (exact) mass is 559 g/mol. The Kier molecular flexibility index (Phi) is 8.51. The molecule has 0 radical (unpaired) electrons. The Balaban J connectivity index is 1.30. The Bertz CT molecular complexity index is 1460. The van der Waals surface area contributed by atoms with E-state index in [1.807, 2.05) is 35.4 Å². The minimum Gasteiger partial charge on any atom is -0.496 e. The SMILES string of the molecule is CCCCCNc1nc(N)nc2ccn(Cc3ccc(CN(C(=O)CCN4C(=O)C=CC4=O)C4CC4)cc3OC)c12. The molecular weight excluding hydrogens is 522 g/mol. The third-order valence-corrected chi connectivity index (χ3v) is 7.50. The second kappa shape index (κ2) is 12.4. The van der Waals surface area contributed by atoms with Crippen LogP contribution in [0.1, 0.15) is 56.6 Å². The smallest absolute Gasteiger partial charge is 0.253 e. The Morgan fingerprint density at radius 1 is 1.15 bits per heavy atom. The molecule has 0 saturated heterocycles. The number of nitrogen functional groups attached to an aromatic ring is 1. The second-order valence-electron chi connectivity index (χ2n) is 10.6. The number of hydrogen-bond donors (Lipinski definition) is 2. The molecule has 1 saturated carbocycles. The third kappa shape index (κ3) is 6.50. The molecule has 3 N–H and O–H groups in total. The summed E-state index contributed by atoms with van der Waals surface area (Å²) < 4.78 is 7.86. The van der Waals surface area contributed by atoms with E-state index in [9.17, 15) is 14.4 Å². The van der Waals surface area contributed by atoms with Gasteiger partial charge in [-0.2, -0.15) is 4.98 Å². The fourth-order valence-electron chi connectivity index (χ4n) is 5.17. The number of nitrogens with one attached hydrogen (secondary N) is 1. The maximum absolute atomic E-state index is 13.1. The summed E-state index contributed by atoms with van der Waals surface area (Å²) in [6.07, 6.45) is 9.78. The lowest BCUT2D eigenvalue weighted by Gasteiger charge is -2.24. The highest BCUT2D eigenvalue weighted by Crippen LogP contribution is 2.31. The van der Waals surface area contributed by atoms with Crippen LogP contribution in [0, 0.1) is 0 Å². The zero-order valence-corrected chi connectivity index (χ0v) is 23.6. The number of hydrogen-bond acceptors (Lipinski definition) is 8. The lowest BCUT2D eigenvalue weighted by Crippen LogP contribution is -2.37. The van der Waals surface area contributed by atoms with Gasteiger partial charge in [0.25, 0.3) is 11.8 Å². The van der Waals surface area contributed by atoms with Gasteiger partial charge in [0.15, 0.2) is 5.82 Å². The van der Waals surface area contributed by atoms with Gasteiger partial charge >= 0.3 is 0 Å². The molecule has 3 heterocycles. The lowest BCUT2D eigenvalue weighted by atomic mass is 10.1. The van der Waals surface area contributed by atoms with Crippen molar-refractivity contribution in [3.05, 3.63) is 53.7 Å². The molecule has 5 rings (SSSR count). The van der Waals surface area contributed by atoms with Gasteiger partial charge in [-0.1, -0.05) is 31.9 Å². The topological polar surface area (TPSA) is 136 Å². The number of carbonyl (C=O) groups is 3. The highest BCUT2D eigenvalue weighted by Gasteiger charge is 2.33. The molecule has 11 heteroatoms. The van der Waals surface area contributed by atoms with E-state index in [1.54, 1.807) is 7.11 Å². The van der Waals surface area contributed by atoms with Crippen molar-refractivity contribution >= 4 is 40.5 Å². The number of carbonyl (C=O) groups excluding carboxylic acids is 3. The van der Waals surface area contributed by atoms with Crippen molar-refractivity contribution in [2.24, 2.45) is 0 Å². The fraction of sp³-hybridized carbons (Fsp3) is 0.433. The number of nitrogens with two attached hydrogens (primary N) is 1. The molecule has 1 aliphatic carbocycles. The standard InChI is InChI=1S/C30H37N7O4/c1-3-4-5-14-32-29-28-23(33-30(31)34-29)12-15-35(28)19-21-7-6-20(17-24(21)41-2)18-37(22-8-9-22)27(40)13-16-36-25(38)10-11-26(36)39/h6-7,10-12,15,17,22H,3-5,8-9,13-14,16,18-19H2,1-2H3,(H3,31,32,33,34). The van der Waals surface area contributed by atoms with Crippen molar-refractivity contribution in [2.45, 2.75) is 64.6 Å². The summed E-state index contributed by atoms with van der Waals surface area (Å²) in [4.78, 5) is 48.7. The van der Waals surface area contributed by atoms with Gasteiger partial charge in [-0.25, -0.2) is 4.98 Å². The number of anilines is 2. The van der Waals surface area contributed by atoms with Crippen LogP contribution >= 0.6 is 0 Å². The molecule has 2 aliphatic rings. The third-order valence-electron chi connectivity index (χ3n) is 7.50. The highest BCUT2D eigenvalue weighted by atomic mass is 16.5. The Labute approximate surface area is 239 Å². The molecule has 3 aromatic rings. The van der Waals surface area contributed by atoms with Crippen molar-refractivity contribution in [2.75, 3.05) is 31.2 Å². The predicted molar refractivity (Wildman–Crippen MR) is 156 cm³/mol. The van der Waals surface area contributed by atoms with Crippen molar-refractivity contribution in [1.29, 1.82) is 0 Å². The van der Waals surface area contributed by atoms with E-state index in [4.69, 9.17) is 10.5 Å². The summed E-state index contributed by atoms with van der Waals surface area (Å²) in [6, 6.07) is 8.12.